The number of carbonyl (C=O) groups excluding carboxylic acids is 2. The fourth-order valence-electron chi connectivity index (χ4n) is 3.13. The van der Waals surface area contributed by atoms with Gasteiger partial charge in [-0.15, -0.1) is 0 Å². The Balaban J connectivity index is 1.72. The minimum Gasteiger partial charge on any atom is -0.446 e. The lowest BCUT2D eigenvalue weighted by Crippen LogP contribution is -2.69. The monoisotopic (exact) mass is 267 g/mol. The van der Waals surface area contributed by atoms with Crippen LogP contribution >= 0.6 is 0 Å². The Labute approximate surface area is 115 Å². The van der Waals surface area contributed by atoms with Gasteiger partial charge in [0.25, 0.3) is 0 Å². The molecule has 1 spiro atoms. The van der Waals surface area contributed by atoms with Crippen molar-refractivity contribution in [2.75, 3.05) is 6.54 Å². The van der Waals surface area contributed by atoms with Crippen LogP contribution in [0.25, 0.3) is 0 Å². The second-order valence-electron chi connectivity index (χ2n) is 6.26. The third-order valence-corrected chi connectivity index (χ3v) is 4.60. The van der Waals surface area contributed by atoms with E-state index in [1.54, 1.807) is 0 Å². The molecular weight excluding hydrogens is 242 g/mol. The van der Waals surface area contributed by atoms with Gasteiger partial charge in [0, 0.05) is 17.9 Å². The molecule has 0 aromatic heterocycles. The molecule has 0 amide bonds. The number of ether oxygens (including phenoxy) is 1. The summed E-state index contributed by atoms with van der Waals surface area (Å²) in [6.45, 7) is 4.98. The summed E-state index contributed by atoms with van der Waals surface area (Å²) < 4.78 is 5.56. The van der Waals surface area contributed by atoms with Crippen LogP contribution in [0.2, 0.25) is 0 Å². The fourth-order valence-corrected chi connectivity index (χ4v) is 3.13. The minimum absolute atomic E-state index is 0.0204. The zero-order valence-corrected chi connectivity index (χ0v) is 12.0. The Bertz CT molecular complexity index is 336. The van der Waals surface area contributed by atoms with Crippen LogP contribution in [0, 0.1) is 17.3 Å². The second-order valence-corrected chi connectivity index (χ2v) is 6.26. The Hall–Kier alpha value is -0.900. The average molecular weight is 267 g/mol. The van der Waals surface area contributed by atoms with Gasteiger partial charge >= 0.3 is 5.97 Å². The summed E-state index contributed by atoms with van der Waals surface area (Å²) in [5.74, 6) is 0.0560. The largest absolute Gasteiger partial charge is 0.446 e. The second kappa shape index (κ2) is 6.04. The van der Waals surface area contributed by atoms with Gasteiger partial charge in [-0.3, -0.25) is 10.1 Å². The van der Waals surface area contributed by atoms with Crippen molar-refractivity contribution in [3.63, 3.8) is 0 Å². The first-order chi connectivity index (χ1) is 9.11. The van der Waals surface area contributed by atoms with Gasteiger partial charge in [0.1, 0.15) is 6.29 Å². The van der Waals surface area contributed by atoms with Crippen LogP contribution in [-0.2, 0) is 14.3 Å². The van der Waals surface area contributed by atoms with Crippen molar-refractivity contribution in [2.24, 2.45) is 17.3 Å². The maximum atomic E-state index is 12.0. The number of aldehydes is 1. The number of nitrogens with one attached hydrogen (secondary N) is 1. The van der Waals surface area contributed by atoms with E-state index in [1.165, 1.54) is 12.8 Å². The minimum atomic E-state index is -0.162. The van der Waals surface area contributed by atoms with Crippen LogP contribution in [0.5, 0.6) is 0 Å². The third kappa shape index (κ3) is 2.99. The first kappa shape index (κ1) is 14.5. The lowest BCUT2D eigenvalue weighted by Gasteiger charge is -2.57. The summed E-state index contributed by atoms with van der Waals surface area (Å²) in [6, 6.07) is 0. The number of esters is 1. The zero-order valence-electron chi connectivity index (χ0n) is 12.0. The number of carbonyl (C=O) groups is 2. The average Bonchev–Trinajstić information content (AvgIpc) is 2.33. The Morgan fingerprint density at radius 3 is 2.74 bits per heavy atom. The van der Waals surface area contributed by atoms with Crippen molar-refractivity contribution in [1.29, 1.82) is 0 Å². The Morgan fingerprint density at radius 1 is 1.47 bits per heavy atom. The standard InChI is InChI=1S/C15H25NO3/c1-3-4-5-6-11(2)13(18)19-14-15(10-16-14)7-12(8-15)9-17/h9,11-12,14,16H,3-8,10H2,1-2H3. The van der Waals surface area contributed by atoms with Crippen LogP contribution in [0.4, 0.5) is 0 Å². The van der Waals surface area contributed by atoms with Crippen molar-refractivity contribution in [3.05, 3.63) is 0 Å². The first-order valence-corrected chi connectivity index (χ1v) is 7.50. The van der Waals surface area contributed by atoms with Crippen LogP contribution < -0.4 is 5.32 Å². The van der Waals surface area contributed by atoms with E-state index in [4.69, 9.17) is 4.74 Å². The van der Waals surface area contributed by atoms with E-state index in [1.807, 2.05) is 6.92 Å². The first-order valence-electron chi connectivity index (χ1n) is 7.50. The molecular formula is C15H25NO3. The molecule has 2 atom stereocenters. The number of hydrogen-bond acceptors (Lipinski definition) is 4. The summed E-state index contributed by atoms with van der Waals surface area (Å²) in [4.78, 5) is 22.7. The van der Waals surface area contributed by atoms with Gasteiger partial charge in [0.15, 0.2) is 6.23 Å². The van der Waals surface area contributed by atoms with E-state index in [9.17, 15) is 9.59 Å². The molecule has 2 rings (SSSR count). The summed E-state index contributed by atoms with van der Waals surface area (Å²) in [7, 11) is 0. The molecule has 2 aliphatic rings. The zero-order chi connectivity index (χ0) is 13.9. The molecule has 0 radical (unpaired) electrons. The molecule has 1 aliphatic carbocycles. The Morgan fingerprint density at radius 2 is 2.21 bits per heavy atom. The fraction of sp³-hybridized carbons (Fsp3) is 0.867. The molecule has 1 saturated heterocycles. The van der Waals surface area contributed by atoms with Crippen molar-refractivity contribution in [3.8, 4) is 0 Å². The highest BCUT2D eigenvalue weighted by Crippen LogP contribution is 2.51. The topological polar surface area (TPSA) is 55.4 Å². The molecule has 2 unspecified atom stereocenters. The molecule has 4 nitrogen and oxygen atoms in total. The molecule has 1 heterocycles. The highest BCUT2D eigenvalue weighted by molar-refractivity contribution is 5.72. The summed E-state index contributed by atoms with van der Waals surface area (Å²) in [5, 5.41) is 3.18. The van der Waals surface area contributed by atoms with Crippen LogP contribution in [0.15, 0.2) is 0 Å². The molecule has 0 aromatic rings. The van der Waals surface area contributed by atoms with Crippen molar-refractivity contribution in [1.82, 2.24) is 5.32 Å². The highest BCUT2D eigenvalue weighted by Gasteiger charge is 2.57. The highest BCUT2D eigenvalue weighted by atomic mass is 16.6. The van der Waals surface area contributed by atoms with Gasteiger partial charge in [0.2, 0.25) is 0 Å². The van der Waals surface area contributed by atoms with Gasteiger partial charge in [-0.05, 0) is 19.3 Å². The van der Waals surface area contributed by atoms with E-state index in [0.717, 1.165) is 38.5 Å². The molecule has 0 aromatic carbocycles. The van der Waals surface area contributed by atoms with E-state index in [0.29, 0.717) is 0 Å². The van der Waals surface area contributed by atoms with Crippen molar-refractivity contribution < 1.29 is 14.3 Å². The molecule has 108 valence electrons. The maximum absolute atomic E-state index is 12.0. The van der Waals surface area contributed by atoms with Crippen molar-refractivity contribution in [2.45, 2.75) is 58.6 Å². The lowest BCUT2D eigenvalue weighted by atomic mass is 9.57. The number of unbranched alkanes of at least 4 members (excludes halogenated alkanes) is 2. The predicted molar refractivity (Wildman–Crippen MR) is 72.4 cm³/mol. The summed E-state index contributed by atoms with van der Waals surface area (Å²) >= 11 is 0. The van der Waals surface area contributed by atoms with Crippen LogP contribution in [-0.4, -0.2) is 25.0 Å². The smallest absolute Gasteiger partial charge is 0.310 e. The lowest BCUT2D eigenvalue weighted by molar-refractivity contribution is -0.196. The third-order valence-electron chi connectivity index (χ3n) is 4.60. The van der Waals surface area contributed by atoms with E-state index < -0.39 is 0 Å². The SMILES string of the molecule is CCCCCC(C)C(=O)OC1NCC12CC(C=O)C2. The summed E-state index contributed by atoms with van der Waals surface area (Å²) in [5.41, 5.74) is 0.0599. The molecule has 19 heavy (non-hydrogen) atoms. The molecule has 1 aliphatic heterocycles. The van der Waals surface area contributed by atoms with E-state index in [-0.39, 0.29) is 29.4 Å². The van der Waals surface area contributed by atoms with E-state index in [2.05, 4.69) is 12.2 Å². The van der Waals surface area contributed by atoms with Crippen LogP contribution in [0.1, 0.15) is 52.4 Å². The number of hydrogen-bond donors (Lipinski definition) is 1. The van der Waals surface area contributed by atoms with Gasteiger partial charge in [-0.1, -0.05) is 33.1 Å². The Kier molecular flexibility index (Phi) is 4.61. The molecule has 0 bridgehead atoms. The van der Waals surface area contributed by atoms with Crippen molar-refractivity contribution >= 4 is 12.3 Å². The maximum Gasteiger partial charge on any atom is 0.310 e. The van der Waals surface area contributed by atoms with E-state index >= 15 is 0 Å². The summed E-state index contributed by atoms with van der Waals surface area (Å²) in [6.07, 6.45) is 6.93. The number of rotatable bonds is 7. The normalized spacial score (nSPS) is 34.2. The van der Waals surface area contributed by atoms with Gasteiger partial charge < -0.3 is 9.53 Å². The molecule has 1 N–H and O–H groups in total. The molecule has 4 heteroatoms. The van der Waals surface area contributed by atoms with Gasteiger partial charge in [-0.2, -0.15) is 0 Å². The molecule has 1 saturated carbocycles. The van der Waals surface area contributed by atoms with Crippen LogP contribution in [0.3, 0.4) is 0 Å². The molecule has 2 fully saturated rings. The predicted octanol–water partition coefficient (Wildman–Crippen LogP) is 2.27. The quantitative estimate of drug-likeness (QED) is 0.437. The van der Waals surface area contributed by atoms with Gasteiger partial charge in [-0.25, -0.2) is 0 Å². The van der Waals surface area contributed by atoms with Gasteiger partial charge in [0.05, 0.1) is 5.92 Å².